The summed E-state index contributed by atoms with van der Waals surface area (Å²) in [4.78, 5) is 24.5. The topological polar surface area (TPSA) is 69.6 Å². The summed E-state index contributed by atoms with van der Waals surface area (Å²) >= 11 is 0. The monoisotopic (exact) mass is 378 g/mol. The molecule has 0 aliphatic rings. The summed E-state index contributed by atoms with van der Waals surface area (Å²) in [5, 5.41) is 2.84. The Bertz CT molecular complexity index is 947. The predicted octanol–water partition coefficient (Wildman–Crippen LogP) is 4.31. The van der Waals surface area contributed by atoms with Crippen molar-refractivity contribution in [1.29, 1.82) is 0 Å². The third-order valence-corrected chi connectivity index (χ3v) is 4.07. The molecule has 0 atom stereocenters. The lowest BCUT2D eigenvalue weighted by atomic mass is 10.1. The van der Waals surface area contributed by atoms with Gasteiger partial charge in [-0.25, -0.2) is 4.79 Å². The van der Waals surface area contributed by atoms with E-state index in [-0.39, 0.29) is 5.91 Å². The van der Waals surface area contributed by atoms with Crippen LogP contribution >= 0.6 is 0 Å². The average molecular weight is 378 g/mol. The van der Waals surface area contributed by atoms with Crippen molar-refractivity contribution in [2.75, 3.05) is 18.5 Å². The second-order valence-electron chi connectivity index (χ2n) is 5.96. The summed E-state index contributed by atoms with van der Waals surface area (Å²) < 4.78 is 12.6. The molecule has 0 aliphatic carbocycles. The van der Waals surface area contributed by atoms with Crippen molar-refractivity contribution >= 4 is 17.6 Å². The minimum Gasteiger partial charge on any atom is -0.492 e. The van der Waals surface area contributed by atoms with E-state index in [1.807, 2.05) is 48.1 Å². The SMILES string of the molecule is CCOC(=O)c1ccc(NC(=O)c2ccc(-n3cccc3)cc2)c(OCC)c1. The molecule has 1 N–H and O–H groups in total. The number of hydrogen-bond donors (Lipinski definition) is 1. The molecule has 6 heteroatoms. The summed E-state index contributed by atoms with van der Waals surface area (Å²) in [7, 11) is 0. The first-order valence-electron chi connectivity index (χ1n) is 9.11. The number of carbonyl (C=O) groups is 2. The summed E-state index contributed by atoms with van der Waals surface area (Å²) in [5.74, 6) is -0.267. The zero-order chi connectivity index (χ0) is 19.9. The van der Waals surface area contributed by atoms with Gasteiger partial charge < -0.3 is 19.4 Å². The van der Waals surface area contributed by atoms with Crippen LogP contribution in [0, 0.1) is 0 Å². The Morgan fingerprint density at radius 2 is 1.61 bits per heavy atom. The van der Waals surface area contributed by atoms with Gasteiger partial charge in [0.25, 0.3) is 5.91 Å². The smallest absolute Gasteiger partial charge is 0.338 e. The Labute approximate surface area is 163 Å². The number of carbonyl (C=O) groups excluding carboxylic acids is 2. The van der Waals surface area contributed by atoms with Crippen LogP contribution in [-0.4, -0.2) is 29.7 Å². The van der Waals surface area contributed by atoms with Crippen LogP contribution in [0.2, 0.25) is 0 Å². The lowest BCUT2D eigenvalue weighted by Crippen LogP contribution is -2.14. The van der Waals surface area contributed by atoms with E-state index in [1.165, 1.54) is 0 Å². The van der Waals surface area contributed by atoms with Crippen molar-refractivity contribution in [1.82, 2.24) is 4.57 Å². The largest absolute Gasteiger partial charge is 0.492 e. The number of nitrogens with one attached hydrogen (secondary N) is 1. The van der Waals surface area contributed by atoms with Crippen LogP contribution in [0.4, 0.5) is 5.69 Å². The molecule has 2 aromatic carbocycles. The number of anilines is 1. The van der Waals surface area contributed by atoms with Gasteiger partial charge in [0.05, 0.1) is 24.5 Å². The lowest BCUT2D eigenvalue weighted by molar-refractivity contribution is 0.0526. The molecule has 28 heavy (non-hydrogen) atoms. The molecule has 0 fully saturated rings. The Morgan fingerprint density at radius 3 is 2.25 bits per heavy atom. The molecule has 3 aromatic rings. The third kappa shape index (κ3) is 4.40. The van der Waals surface area contributed by atoms with Gasteiger partial charge in [-0.3, -0.25) is 4.79 Å². The zero-order valence-corrected chi connectivity index (χ0v) is 15.8. The van der Waals surface area contributed by atoms with Gasteiger partial charge in [0.2, 0.25) is 0 Å². The number of esters is 1. The van der Waals surface area contributed by atoms with Gasteiger partial charge >= 0.3 is 5.97 Å². The van der Waals surface area contributed by atoms with Gasteiger partial charge in [0, 0.05) is 23.6 Å². The maximum atomic E-state index is 12.6. The highest BCUT2D eigenvalue weighted by atomic mass is 16.5. The first-order chi connectivity index (χ1) is 13.6. The molecule has 0 saturated heterocycles. The lowest BCUT2D eigenvalue weighted by Gasteiger charge is -2.13. The Morgan fingerprint density at radius 1 is 0.929 bits per heavy atom. The van der Waals surface area contributed by atoms with Crippen LogP contribution in [0.3, 0.4) is 0 Å². The summed E-state index contributed by atoms with van der Waals surface area (Å²) in [5.41, 5.74) is 2.36. The van der Waals surface area contributed by atoms with Crippen molar-refractivity contribution in [3.05, 3.63) is 78.1 Å². The van der Waals surface area contributed by atoms with Gasteiger partial charge in [-0.2, -0.15) is 0 Å². The Hall–Kier alpha value is -3.54. The van der Waals surface area contributed by atoms with Crippen LogP contribution in [0.1, 0.15) is 34.6 Å². The molecule has 1 amide bonds. The van der Waals surface area contributed by atoms with Crippen molar-refractivity contribution in [2.45, 2.75) is 13.8 Å². The van der Waals surface area contributed by atoms with E-state index in [1.54, 1.807) is 37.3 Å². The molecule has 1 heterocycles. The number of benzene rings is 2. The molecular weight excluding hydrogens is 356 g/mol. The minimum atomic E-state index is -0.429. The highest BCUT2D eigenvalue weighted by Gasteiger charge is 2.14. The first-order valence-corrected chi connectivity index (χ1v) is 9.11. The second kappa shape index (κ2) is 8.90. The van der Waals surface area contributed by atoms with Gasteiger partial charge in [0.15, 0.2) is 0 Å². The molecule has 3 rings (SSSR count). The maximum absolute atomic E-state index is 12.6. The summed E-state index contributed by atoms with van der Waals surface area (Å²) in [6.07, 6.45) is 3.88. The van der Waals surface area contributed by atoms with Crippen LogP contribution in [0.15, 0.2) is 67.0 Å². The molecule has 0 unspecified atom stereocenters. The van der Waals surface area contributed by atoms with Crippen molar-refractivity contribution in [3.63, 3.8) is 0 Å². The molecule has 0 radical (unpaired) electrons. The number of rotatable bonds is 7. The normalized spacial score (nSPS) is 10.4. The fourth-order valence-electron chi connectivity index (χ4n) is 2.73. The van der Waals surface area contributed by atoms with Crippen molar-refractivity contribution in [3.8, 4) is 11.4 Å². The van der Waals surface area contributed by atoms with E-state index in [4.69, 9.17) is 9.47 Å². The van der Waals surface area contributed by atoms with E-state index in [0.717, 1.165) is 5.69 Å². The molecule has 6 nitrogen and oxygen atoms in total. The van der Waals surface area contributed by atoms with E-state index in [9.17, 15) is 9.59 Å². The third-order valence-electron chi connectivity index (χ3n) is 4.07. The van der Waals surface area contributed by atoms with E-state index in [2.05, 4.69) is 5.32 Å². The molecule has 1 aromatic heterocycles. The minimum absolute atomic E-state index is 0.260. The van der Waals surface area contributed by atoms with E-state index in [0.29, 0.717) is 35.8 Å². The fraction of sp³-hybridized carbons (Fsp3) is 0.182. The molecule has 144 valence electrons. The van der Waals surface area contributed by atoms with Gasteiger partial charge in [-0.1, -0.05) is 0 Å². The van der Waals surface area contributed by atoms with Gasteiger partial charge in [0.1, 0.15) is 5.75 Å². The number of amides is 1. The zero-order valence-electron chi connectivity index (χ0n) is 15.8. The quantitative estimate of drug-likeness (QED) is 0.622. The Kier molecular flexibility index (Phi) is 6.11. The molecular formula is C22H22N2O4. The highest BCUT2D eigenvalue weighted by Crippen LogP contribution is 2.27. The summed E-state index contributed by atoms with van der Waals surface area (Å²) in [6, 6.07) is 16.0. The summed E-state index contributed by atoms with van der Waals surface area (Å²) in [6.45, 7) is 4.28. The van der Waals surface area contributed by atoms with Crippen LogP contribution in [0.25, 0.3) is 5.69 Å². The number of hydrogen-bond acceptors (Lipinski definition) is 4. The maximum Gasteiger partial charge on any atom is 0.338 e. The second-order valence-corrected chi connectivity index (χ2v) is 5.96. The highest BCUT2D eigenvalue weighted by molar-refractivity contribution is 6.05. The van der Waals surface area contributed by atoms with Crippen LogP contribution in [0.5, 0.6) is 5.75 Å². The van der Waals surface area contributed by atoms with Gasteiger partial charge in [-0.15, -0.1) is 0 Å². The van der Waals surface area contributed by atoms with Crippen molar-refractivity contribution < 1.29 is 19.1 Å². The number of nitrogens with zero attached hydrogens (tertiary/aromatic N) is 1. The predicted molar refractivity (Wildman–Crippen MR) is 107 cm³/mol. The molecule has 0 aliphatic heterocycles. The number of aromatic nitrogens is 1. The molecule has 0 bridgehead atoms. The first kappa shape index (κ1) is 19.2. The average Bonchev–Trinajstić information content (AvgIpc) is 3.24. The number of ether oxygens (including phenoxy) is 2. The Balaban J connectivity index is 1.78. The molecule has 0 spiro atoms. The van der Waals surface area contributed by atoms with Crippen LogP contribution in [-0.2, 0) is 4.74 Å². The standard InChI is InChI=1S/C22H22N2O4/c1-3-27-20-15-17(22(26)28-4-2)9-12-19(20)23-21(25)16-7-10-18(11-8-16)24-13-5-6-14-24/h5-15H,3-4H2,1-2H3,(H,23,25). The van der Waals surface area contributed by atoms with E-state index >= 15 is 0 Å². The molecule has 0 saturated carbocycles. The van der Waals surface area contributed by atoms with E-state index < -0.39 is 5.97 Å². The fourth-order valence-corrected chi connectivity index (χ4v) is 2.73. The van der Waals surface area contributed by atoms with Crippen LogP contribution < -0.4 is 10.1 Å². The van der Waals surface area contributed by atoms with Crippen molar-refractivity contribution in [2.24, 2.45) is 0 Å². The van der Waals surface area contributed by atoms with Gasteiger partial charge in [-0.05, 0) is 68.4 Å².